The Bertz CT molecular complexity index is 939. The molecule has 11 nitrogen and oxygen atoms in total. The van der Waals surface area contributed by atoms with Gasteiger partial charge in [0, 0.05) is 11.6 Å². The number of methoxy groups -OCH3 is 1. The topological polar surface area (TPSA) is 154 Å². The Labute approximate surface area is 195 Å². The lowest BCUT2D eigenvalue weighted by atomic mass is 9.97. The summed E-state index contributed by atoms with van der Waals surface area (Å²) < 4.78 is 5.31. The second-order valence-corrected chi connectivity index (χ2v) is 8.00. The number of hydrogen-bond donors (Lipinski definition) is 4. The lowest BCUT2D eigenvalue weighted by Crippen LogP contribution is -2.55. The maximum atomic E-state index is 13.1. The third-order valence-electron chi connectivity index (χ3n) is 5.17. The van der Waals surface area contributed by atoms with E-state index < -0.39 is 54.3 Å². The standard InChI is InChI=1S/C21H27ClN4O7/c1-4-15(18(28)24-11(2)20(30)31)25-21(32)26-10-17(27)23-9-13(19(26)29)7-12-8-14(22)5-6-16(12)33-3/h5-6,8,11,13,15H,4,7,9-10H2,1-3H3,(H,23,27)(H,24,28)(H,25,32)(H,30,31)/t11-,13?,15-/m1/s1. The third kappa shape index (κ3) is 6.82. The molecule has 1 aliphatic rings. The first-order valence-electron chi connectivity index (χ1n) is 10.3. The lowest BCUT2D eigenvalue weighted by molar-refractivity contribution is -0.141. The molecule has 33 heavy (non-hydrogen) atoms. The van der Waals surface area contributed by atoms with Crippen molar-refractivity contribution in [1.29, 1.82) is 0 Å². The monoisotopic (exact) mass is 482 g/mol. The zero-order chi connectivity index (χ0) is 24.7. The van der Waals surface area contributed by atoms with Crippen LogP contribution in [0.15, 0.2) is 18.2 Å². The summed E-state index contributed by atoms with van der Waals surface area (Å²) in [6, 6.07) is 1.76. The molecule has 3 atom stereocenters. The first-order valence-corrected chi connectivity index (χ1v) is 10.7. The van der Waals surface area contributed by atoms with Crippen LogP contribution in [0.1, 0.15) is 25.8 Å². The summed E-state index contributed by atoms with van der Waals surface area (Å²) in [6.07, 6.45) is 0.293. The summed E-state index contributed by atoms with van der Waals surface area (Å²) in [7, 11) is 1.48. The number of urea groups is 1. The largest absolute Gasteiger partial charge is 0.496 e. The highest BCUT2D eigenvalue weighted by Gasteiger charge is 2.36. The Morgan fingerprint density at radius 2 is 2.00 bits per heavy atom. The number of hydrogen-bond acceptors (Lipinski definition) is 6. The number of imide groups is 1. The van der Waals surface area contributed by atoms with Gasteiger partial charge in [0.25, 0.3) is 0 Å². The second kappa shape index (κ2) is 11.5. The average Bonchev–Trinajstić information content (AvgIpc) is 2.90. The molecule has 0 saturated carbocycles. The molecular formula is C21H27ClN4O7. The minimum absolute atomic E-state index is 0.00489. The van der Waals surface area contributed by atoms with Crippen molar-refractivity contribution in [2.24, 2.45) is 5.92 Å². The highest BCUT2D eigenvalue weighted by atomic mass is 35.5. The Morgan fingerprint density at radius 1 is 1.30 bits per heavy atom. The zero-order valence-electron chi connectivity index (χ0n) is 18.5. The summed E-state index contributed by atoms with van der Waals surface area (Å²) in [4.78, 5) is 62.2. The Balaban J connectivity index is 2.18. The van der Waals surface area contributed by atoms with Crippen molar-refractivity contribution in [3.8, 4) is 5.75 Å². The number of rotatable bonds is 8. The fourth-order valence-corrected chi connectivity index (χ4v) is 3.48. The quantitative estimate of drug-likeness (QED) is 0.421. The van der Waals surface area contributed by atoms with E-state index in [0.29, 0.717) is 16.3 Å². The van der Waals surface area contributed by atoms with E-state index in [1.54, 1.807) is 25.1 Å². The van der Waals surface area contributed by atoms with Gasteiger partial charge in [0.05, 0.1) is 13.0 Å². The number of halogens is 1. The summed E-state index contributed by atoms with van der Waals surface area (Å²) >= 11 is 6.06. The van der Waals surface area contributed by atoms with E-state index in [1.807, 2.05) is 0 Å². The molecule has 1 aromatic carbocycles. The summed E-state index contributed by atoms with van der Waals surface area (Å²) in [5.74, 6) is -3.36. The molecule has 4 N–H and O–H groups in total. The van der Waals surface area contributed by atoms with E-state index in [9.17, 15) is 24.0 Å². The fourth-order valence-electron chi connectivity index (χ4n) is 3.28. The maximum Gasteiger partial charge on any atom is 0.325 e. The number of nitrogens with zero attached hydrogens (tertiary/aromatic N) is 1. The van der Waals surface area contributed by atoms with E-state index in [1.165, 1.54) is 14.0 Å². The van der Waals surface area contributed by atoms with E-state index >= 15 is 0 Å². The molecule has 180 valence electrons. The Hall–Kier alpha value is -3.34. The number of carboxylic acid groups (broad SMARTS) is 1. The van der Waals surface area contributed by atoms with Crippen LogP contribution in [0.2, 0.25) is 5.02 Å². The van der Waals surface area contributed by atoms with Gasteiger partial charge in [-0.2, -0.15) is 0 Å². The SMILES string of the molecule is CC[C@@H](NC(=O)N1CC(=O)NCC(Cc2cc(Cl)ccc2OC)C1=O)C(=O)N[C@H](C)C(=O)O. The van der Waals surface area contributed by atoms with Gasteiger partial charge in [-0.1, -0.05) is 18.5 Å². The predicted molar refractivity (Wildman–Crippen MR) is 118 cm³/mol. The molecule has 2 rings (SSSR count). The molecule has 0 radical (unpaired) electrons. The predicted octanol–water partition coefficient (Wildman–Crippen LogP) is 0.543. The molecule has 12 heteroatoms. The molecule has 1 unspecified atom stereocenters. The van der Waals surface area contributed by atoms with Crippen molar-refractivity contribution in [3.63, 3.8) is 0 Å². The van der Waals surface area contributed by atoms with Gasteiger partial charge in [0.2, 0.25) is 17.7 Å². The van der Waals surface area contributed by atoms with Crippen LogP contribution in [-0.4, -0.2) is 72.0 Å². The molecule has 0 bridgehead atoms. The van der Waals surface area contributed by atoms with E-state index in [2.05, 4.69) is 16.0 Å². The molecule has 0 spiro atoms. The van der Waals surface area contributed by atoms with Crippen LogP contribution in [0.5, 0.6) is 5.75 Å². The molecule has 1 aliphatic heterocycles. The van der Waals surface area contributed by atoms with Crippen LogP contribution in [0.3, 0.4) is 0 Å². The smallest absolute Gasteiger partial charge is 0.325 e. The Morgan fingerprint density at radius 3 is 2.61 bits per heavy atom. The number of benzene rings is 1. The van der Waals surface area contributed by atoms with Crippen molar-refractivity contribution in [2.45, 2.75) is 38.8 Å². The highest BCUT2D eigenvalue weighted by Crippen LogP contribution is 2.26. The summed E-state index contributed by atoms with van der Waals surface area (Å²) in [5.41, 5.74) is 0.633. The van der Waals surface area contributed by atoms with Crippen molar-refractivity contribution in [2.75, 3.05) is 20.2 Å². The third-order valence-corrected chi connectivity index (χ3v) is 5.40. The van der Waals surface area contributed by atoms with E-state index in [4.69, 9.17) is 21.4 Å². The van der Waals surface area contributed by atoms with Gasteiger partial charge in [-0.3, -0.25) is 24.1 Å². The number of carbonyl (C=O) groups excluding carboxylic acids is 4. The van der Waals surface area contributed by atoms with Crippen LogP contribution >= 0.6 is 11.6 Å². The number of aliphatic carboxylic acids is 1. The maximum absolute atomic E-state index is 13.1. The van der Waals surface area contributed by atoms with E-state index in [-0.39, 0.29) is 19.4 Å². The molecule has 1 aromatic rings. The van der Waals surface area contributed by atoms with Gasteiger partial charge in [-0.15, -0.1) is 0 Å². The van der Waals surface area contributed by atoms with Crippen molar-refractivity contribution in [1.82, 2.24) is 20.9 Å². The van der Waals surface area contributed by atoms with Gasteiger partial charge in [-0.05, 0) is 43.5 Å². The van der Waals surface area contributed by atoms with Crippen LogP contribution in [-0.2, 0) is 25.6 Å². The van der Waals surface area contributed by atoms with Crippen LogP contribution in [0.4, 0.5) is 4.79 Å². The Kier molecular flexibility index (Phi) is 9.03. The number of ether oxygens (including phenoxy) is 1. The molecule has 1 fully saturated rings. The van der Waals surface area contributed by atoms with Gasteiger partial charge in [-0.25, -0.2) is 4.79 Å². The van der Waals surface area contributed by atoms with Gasteiger partial charge >= 0.3 is 12.0 Å². The minimum atomic E-state index is -1.23. The number of carbonyl (C=O) groups is 5. The van der Waals surface area contributed by atoms with Crippen LogP contribution in [0.25, 0.3) is 0 Å². The van der Waals surface area contributed by atoms with Crippen molar-refractivity contribution >= 4 is 41.3 Å². The van der Waals surface area contributed by atoms with Crippen LogP contribution < -0.4 is 20.7 Å². The molecule has 1 saturated heterocycles. The van der Waals surface area contributed by atoms with Crippen molar-refractivity contribution in [3.05, 3.63) is 28.8 Å². The molecule has 5 amide bonds. The average molecular weight is 483 g/mol. The summed E-state index contributed by atoms with van der Waals surface area (Å²) in [5, 5.41) is 16.7. The highest BCUT2D eigenvalue weighted by molar-refractivity contribution is 6.30. The van der Waals surface area contributed by atoms with Crippen LogP contribution in [0, 0.1) is 5.92 Å². The molecule has 0 aliphatic carbocycles. The van der Waals surface area contributed by atoms with Gasteiger partial charge < -0.3 is 25.8 Å². The number of carboxylic acids is 1. The minimum Gasteiger partial charge on any atom is -0.496 e. The van der Waals surface area contributed by atoms with Gasteiger partial charge in [0.1, 0.15) is 24.4 Å². The number of amides is 5. The first kappa shape index (κ1) is 25.9. The zero-order valence-corrected chi connectivity index (χ0v) is 19.3. The van der Waals surface area contributed by atoms with Crippen molar-refractivity contribution < 1.29 is 33.8 Å². The fraction of sp³-hybridized carbons (Fsp3) is 0.476. The summed E-state index contributed by atoms with van der Waals surface area (Å²) in [6.45, 7) is 2.38. The number of nitrogens with one attached hydrogen (secondary N) is 3. The second-order valence-electron chi connectivity index (χ2n) is 7.56. The molecule has 1 heterocycles. The lowest BCUT2D eigenvalue weighted by Gasteiger charge is -2.25. The van der Waals surface area contributed by atoms with Gasteiger partial charge in [0.15, 0.2) is 0 Å². The molecular weight excluding hydrogens is 456 g/mol. The first-order chi connectivity index (χ1) is 15.6. The van der Waals surface area contributed by atoms with E-state index in [0.717, 1.165) is 4.90 Å². The normalized spacial score (nSPS) is 17.9. The molecule has 0 aromatic heterocycles.